The van der Waals surface area contributed by atoms with E-state index in [-0.39, 0.29) is 0 Å². The summed E-state index contributed by atoms with van der Waals surface area (Å²) >= 11 is 0. The van der Waals surface area contributed by atoms with Crippen molar-refractivity contribution in [3.8, 4) is 0 Å². The van der Waals surface area contributed by atoms with E-state index in [1.807, 2.05) is 0 Å². The highest BCUT2D eigenvalue weighted by atomic mass is 19.3. The van der Waals surface area contributed by atoms with E-state index >= 15 is 0 Å². The van der Waals surface area contributed by atoms with Gasteiger partial charge in [-0.2, -0.15) is 8.78 Å². The zero-order valence-corrected chi connectivity index (χ0v) is 6.65. The summed E-state index contributed by atoms with van der Waals surface area (Å²) in [4.78, 5) is 0. The van der Waals surface area contributed by atoms with Gasteiger partial charge in [-0.15, -0.1) is 0 Å². The lowest BCUT2D eigenvalue weighted by molar-refractivity contribution is -0.195. The highest BCUT2D eigenvalue weighted by Crippen LogP contribution is 2.30. The van der Waals surface area contributed by atoms with Crippen molar-refractivity contribution in [3.63, 3.8) is 0 Å². The monoisotopic (exact) mass is 204 g/mol. The third kappa shape index (κ3) is 3.20. The van der Waals surface area contributed by atoms with Gasteiger partial charge in [-0.3, -0.25) is 4.39 Å². The van der Waals surface area contributed by atoms with Gasteiger partial charge in [0, 0.05) is 6.42 Å². The van der Waals surface area contributed by atoms with Gasteiger partial charge in [0.15, 0.2) is 6.10 Å². The van der Waals surface area contributed by atoms with Crippen LogP contribution >= 0.6 is 0 Å². The van der Waals surface area contributed by atoms with Crippen LogP contribution in [0.15, 0.2) is 12.8 Å². The van der Waals surface area contributed by atoms with E-state index in [1.54, 1.807) is 0 Å². The van der Waals surface area contributed by atoms with Crippen molar-refractivity contribution in [3.05, 3.63) is 12.8 Å². The molecular formula is C7H9F5O. The van der Waals surface area contributed by atoms with Gasteiger partial charge in [0.05, 0.1) is 12.9 Å². The van der Waals surface area contributed by atoms with Crippen molar-refractivity contribution < 1.29 is 26.7 Å². The van der Waals surface area contributed by atoms with Crippen molar-refractivity contribution in [1.29, 1.82) is 0 Å². The standard InChI is InChI=1S/C7H9F5O/c1-2-13-5(3-4-8)7(11,12)6(9)10/h2,5-6H,1,3-4H2. The fourth-order valence-corrected chi connectivity index (χ4v) is 0.707. The van der Waals surface area contributed by atoms with Crippen molar-refractivity contribution in [1.82, 2.24) is 0 Å². The van der Waals surface area contributed by atoms with E-state index < -0.39 is 31.5 Å². The number of halogens is 5. The van der Waals surface area contributed by atoms with E-state index in [4.69, 9.17) is 0 Å². The van der Waals surface area contributed by atoms with Crippen LogP contribution in [0.5, 0.6) is 0 Å². The van der Waals surface area contributed by atoms with E-state index in [9.17, 15) is 22.0 Å². The molecule has 0 rings (SSSR count). The summed E-state index contributed by atoms with van der Waals surface area (Å²) in [6, 6.07) is 0. The average molecular weight is 204 g/mol. The summed E-state index contributed by atoms with van der Waals surface area (Å²) in [5.41, 5.74) is 0. The second kappa shape index (κ2) is 5.04. The number of ether oxygens (including phenoxy) is 1. The molecule has 0 saturated heterocycles. The average Bonchev–Trinajstić information content (AvgIpc) is 2.03. The molecule has 0 aliphatic carbocycles. The fourth-order valence-electron chi connectivity index (χ4n) is 0.707. The highest BCUT2D eigenvalue weighted by Gasteiger charge is 2.49. The molecule has 0 bridgehead atoms. The first-order chi connectivity index (χ1) is 5.96. The molecule has 6 heteroatoms. The molecule has 1 unspecified atom stereocenters. The fraction of sp³-hybridized carbons (Fsp3) is 0.714. The summed E-state index contributed by atoms with van der Waals surface area (Å²) in [5, 5.41) is 0. The van der Waals surface area contributed by atoms with Gasteiger partial charge in [-0.1, -0.05) is 6.58 Å². The van der Waals surface area contributed by atoms with Gasteiger partial charge in [0.2, 0.25) is 0 Å². The molecule has 0 amide bonds. The second-order valence-corrected chi connectivity index (χ2v) is 2.24. The summed E-state index contributed by atoms with van der Waals surface area (Å²) < 4.78 is 64.2. The van der Waals surface area contributed by atoms with Crippen molar-refractivity contribution in [2.45, 2.75) is 24.9 Å². The van der Waals surface area contributed by atoms with Crippen LogP contribution in [-0.2, 0) is 4.74 Å². The number of rotatable bonds is 6. The maximum atomic E-state index is 12.5. The molecule has 13 heavy (non-hydrogen) atoms. The van der Waals surface area contributed by atoms with Gasteiger partial charge in [0.25, 0.3) is 0 Å². The molecule has 0 aliphatic rings. The molecule has 0 radical (unpaired) electrons. The molecule has 1 nitrogen and oxygen atoms in total. The van der Waals surface area contributed by atoms with Crippen LogP contribution in [0, 0.1) is 0 Å². The minimum atomic E-state index is -4.35. The Kier molecular flexibility index (Phi) is 4.72. The molecule has 0 aromatic heterocycles. The van der Waals surface area contributed by atoms with Gasteiger partial charge >= 0.3 is 12.3 Å². The molecule has 0 aromatic rings. The van der Waals surface area contributed by atoms with E-state index in [2.05, 4.69) is 11.3 Å². The van der Waals surface area contributed by atoms with Crippen LogP contribution in [0.1, 0.15) is 6.42 Å². The van der Waals surface area contributed by atoms with Crippen LogP contribution in [0.4, 0.5) is 22.0 Å². The molecular weight excluding hydrogens is 195 g/mol. The first kappa shape index (κ1) is 12.2. The summed E-state index contributed by atoms with van der Waals surface area (Å²) in [6.07, 6.45) is -6.22. The minimum Gasteiger partial charge on any atom is -0.492 e. The van der Waals surface area contributed by atoms with Crippen LogP contribution in [0.25, 0.3) is 0 Å². The Morgan fingerprint density at radius 2 is 1.92 bits per heavy atom. The summed E-state index contributed by atoms with van der Waals surface area (Å²) in [6.45, 7) is 1.78. The van der Waals surface area contributed by atoms with Crippen LogP contribution in [-0.4, -0.2) is 25.1 Å². The Bertz CT molecular complexity index is 159. The van der Waals surface area contributed by atoms with Gasteiger partial charge in [-0.05, 0) is 0 Å². The van der Waals surface area contributed by atoms with Gasteiger partial charge in [0.1, 0.15) is 0 Å². The third-order valence-corrected chi connectivity index (χ3v) is 1.35. The first-order valence-electron chi connectivity index (χ1n) is 3.45. The summed E-state index contributed by atoms with van der Waals surface area (Å²) in [7, 11) is 0. The van der Waals surface area contributed by atoms with Gasteiger partial charge < -0.3 is 4.74 Å². The van der Waals surface area contributed by atoms with Gasteiger partial charge in [-0.25, -0.2) is 8.78 Å². The third-order valence-electron chi connectivity index (χ3n) is 1.35. The predicted octanol–water partition coefficient (Wildman–Crippen LogP) is 2.78. The van der Waals surface area contributed by atoms with Crippen LogP contribution in [0.3, 0.4) is 0 Å². The first-order valence-corrected chi connectivity index (χ1v) is 3.45. The number of hydrogen-bond donors (Lipinski definition) is 0. The molecule has 1 atom stereocenters. The molecule has 0 fully saturated rings. The summed E-state index contributed by atoms with van der Waals surface area (Å²) in [5.74, 6) is -4.35. The molecule has 0 N–H and O–H groups in total. The zero-order chi connectivity index (χ0) is 10.5. The minimum absolute atomic E-state index is 0.594. The predicted molar refractivity (Wildman–Crippen MR) is 36.6 cm³/mol. The van der Waals surface area contributed by atoms with Crippen molar-refractivity contribution in [2.24, 2.45) is 0 Å². The maximum Gasteiger partial charge on any atom is 0.343 e. The Balaban J connectivity index is 4.40. The topological polar surface area (TPSA) is 9.23 Å². The molecule has 0 saturated carbocycles. The van der Waals surface area contributed by atoms with Crippen molar-refractivity contribution in [2.75, 3.05) is 6.67 Å². The SMILES string of the molecule is C=COC(CCF)C(F)(F)C(F)F. The molecule has 78 valence electrons. The number of hydrogen-bond acceptors (Lipinski definition) is 1. The Hall–Kier alpha value is -0.810. The number of alkyl halides is 5. The van der Waals surface area contributed by atoms with Crippen LogP contribution < -0.4 is 0 Å². The lowest BCUT2D eigenvalue weighted by atomic mass is 10.1. The van der Waals surface area contributed by atoms with E-state index in [0.717, 1.165) is 0 Å². The highest BCUT2D eigenvalue weighted by molar-refractivity contribution is 4.82. The van der Waals surface area contributed by atoms with E-state index in [0.29, 0.717) is 6.26 Å². The lowest BCUT2D eigenvalue weighted by Crippen LogP contribution is -2.41. The van der Waals surface area contributed by atoms with Crippen molar-refractivity contribution >= 4 is 0 Å². The van der Waals surface area contributed by atoms with Crippen LogP contribution in [0.2, 0.25) is 0 Å². The lowest BCUT2D eigenvalue weighted by Gasteiger charge is -2.24. The smallest absolute Gasteiger partial charge is 0.343 e. The Morgan fingerprint density at radius 1 is 1.38 bits per heavy atom. The molecule has 0 aromatic carbocycles. The van der Waals surface area contributed by atoms with E-state index in [1.165, 1.54) is 0 Å². The quantitative estimate of drug-likeness (QED) is 0.477. The zero-order valence-electron chi connectivity index (χ0n) is 6.65. The molecule has 0 heterocycles. The Labute approximate surface area is 72.2 Å². The Morgan fingerprint density at radius 3 is 2.23 bits per heavy atom. The normalized spacial score (nSPS) is 14.3. The maximum absolute atomic E-state index is 12.5. The molecule has 0 spiro atoms. The largest absolute Gasteiger partial charge is 0.492 e. The second-order valence-electron chi connectivity index (χ2n) is 2.24. The molecule has 0 aliphatic heterocycles.